The normalized spacial score (nSPS) is 15.1. The zero-order valence-corrected chi connectivity index (χ0v) is 18.1. The lowest BCUT2D eigenvalue weighted by atomic mass is 9.87. The number of carbonyl (C=O) groups is 1. The number of aryl methyl sites for hydroxylation is 2. The molecule has 1 saturated heterocycles. The van der Waals surface area contributed by atoms with Crippen molar-refractivity contribution in [1.29, 1.82) is 0 Å². The van der Waals surface area contributed by atoms with Crippen molar-refractivity contribution in [3.8, 4) is 0 Å². The van der Waals surface area contributed by atoms with Crippen molar-refractivity contribution in [2.45, 2.75) is 38.5 Å². The highest BCUT2D eigenvalue weighted by atomic mass is 19.3. The van der Waals surface area contributed by atoms with Gasteiger partial charge in [0.15, 0.2) is 0 Å². The second kappa shape index (κ2) is 8.61. The van der Waals surface area contributed by atoms with Gasteiger partial charge in [0.25, 0.3) is 5.91 Å². The van der Waals surface area contributed by atoms with Gasteiger partial charge in [-0.2, -0.15) is 8.78 Å². The van der Waals surface area contributed by atoms with Crippen LogP contribution in [0.3, 0.4) is 0 Å². The zero-order valence-electron chi connectivity index (χ0n) is 18.1. The molecule has 2 aromatic heterocycles. The lowest BCUT2D eigenvalue weighted by Crippen LogP contribution is -2.41. The fourth-order valence-electron chi connectivity index (χ4n) is 4.37. The summed E-state index contributed by atoms with van der Waals surface area (Å²) in [6, 6.07) is 8.47. The van der Waals surface area contributed by atoms with E-state index in [0.717, 1.165) is 29.0 Å². The van der Waals surface area contributed by atoms with E-state index in [0.29, 0.717) is 25.9 Å². The Morgan fingerprint density at radius 2 is 1.97 bits per heavy atom. The monoisotopic (exact) mass is 427 g/mol. The number of anilines is 2. The maximum Gasteiger partial charge on any atom is 0.315 e. The van der Waals surface area contributed by atoms with Gasteiger partial charge in [-0.3, -0.25) is 4.79 Å². The number of benzene rings is 1. The van der Waals surface area contributed by atoms with Crippen molar-refractivity contribution in [1.82, 2.24) is 19.4 Å². The highest BCUT2D eigenvalue weighted by Gasteiger charge is 2.28. The third-order valence-electron chi connectivity index (χ3n) is 6.25. The first-order valence-electron chi connectivity index (χ1n) is 10.6. The molecule has 3 heterocycles. The number of fused-ring (bicyclic) bond motifs is 1. The van der Waals surface area contributed by atoms with Gasteiger partial charge in [-0.15, -0.1) is 0 Å². The molecule has 0 atom stereocenters. The highest BCUT2D eigenvalue weighted by Crippen LogP contribution is 2.34. The first-order chi connectivity index (χ1) is 14.9. The topological polar surface area (TPSA) is 54.3 Å². The van der Waals surface area contributed by atoms with Crippen molar-refractivity contribution >= 4 is 28.4 Å². The Balaban J connectivity index is 1.54. The van der Waals surface area contributed by atoms with Gasteiger partial charge < -0.3 is 14.4 Å². The van der Waals surface area contributed by atoms with Gasteiger partial charge in [-0.1, -0.05) is 19.1 Å². The summed E-state index contributed by atoms with van der Waals surface area (Å²) < 4.78 is 27.3. The van der Waals surface area contributed by atoms with Gasteiger partial charge in [0.05, 0.1) is 18.0 Å². The van der Waals surface area contributed by atoms with Gasteiger partial charge >= 0.3 is 6.43 Å². The number of carbonyl (C=O) groups excluding carboxylic acids is 1. The summed E-state index contributed by atoms with van der Waals surface area (Å²) in [6.45, 7) is 2.88. The van der Waals surface area contributed by atoms with E-state index in [4.69, 9.17) is 0 Å². The Bertz CT molecular complexity index is 1090. The molecule has 0 unspecified atom stereocenters. The van der Waals surface area contributed by atoms with Crippen molar-refractivity contribution in [3.05, 3.63) is 47.9 Å². The largest absolute Gasteiger partial charge is 0.338 e. The predicted octanol–water partition coefficient (Wildman–Crippen LogP) is 4.27. The molecular formula is C23H27F2N5O. The molecule has 164 valence electrons. The van der Waals surface area contributed by atoms with E-state index in [2.05, 4.69) is 40.0 Å². The molecular weight excluding hydrogens is 400 g/mol. The van der Waals surface area contributed by atoms with Crippen LogP contribution in [-0.4, -0.2) is 51.9 Å². The van der Waals surface area contributed by atoms with Crippen LogP contribution in [-0.2, 0) is 18.3 Å². The molecule has 0 N–H and O–H groups in total. The molecule has 1 aliphatic rings. The number of amides is 1. The molecule has 31 heavy (non-hydrogen) atoms. The molecule has 0 aliphatic carbocycles. The van der Waals surface area contributed by atoms with Crippen molar-refractivity contribution in [2.24, 2.45) is 7.05 Å². The lowest BCUT2D eigenvalue weighted by molar-refractivity contribution is -0.143. The van der Waals surface area contributed by atoms with Crippen LogP contribution >= 0.6 is 0 Å². The molecule has 1 aromatic carbocycles. The quantitative estimate of drug-likeness (QED) is 0.610. The van der Waals surface area contributed by atoms with Gasteiger partial charge in [-0.05, 0) is 42.4 Å². The van der Waals surface area contributed by atoms with Crippen LogP contribution in [0, 0.1) is 0 Å². The summed E-state index contributed by atoms with van der Waals surface area (Å²) in [5.74, 6) is 0.0650. The van der Waals surface area contributed by atoms with Gasteiger partial charge in [0.2, 0.25) is 0 Å². The SMILES string of the molecule is CCc1cc(C2CCN(C(=O)C(F)F)CC2)ccc1N(C)c1cc2c(cn1)ncn2C. The minimum absolute atomic E-state index is 0.273. The molecule has 0 spiro atoms. The minimum atomic E-state index is -2.92. The van der Waals surface area contributed by atoms with Crippen LogP contribution in [0.4, 0.5) is 20.3 Å². The maximum absolute atomic E-state index is 12.7. The number of nitrogens with zero attached hydrogens (tertiary/aromatic N) is 5. The third-order valence-corrected chi connectivity index (χ3v) is 6.25. The Hall–Kier alpha value is -3.03. The van der Waals surface area contributed by atoms with Crippen LogP contribution in [0.25, 0.3) is 11.0 Å². The third kappa shape index (κ3) is 4.11. The second-order valence-electron chi connectivity index (χ2n) is 8.09. The van der Waals surface area contributed by atoms with Gasteiger partial charge in [0, 0.05) is 38.9 Å². The molecule has 3 aromatic rings. The number of aromatic nitrogens is 3. The smallest absolute Gasteiger partial charge is 0.315 e. The van der Waals surface area contributed by atoms with Crippen LogP contribution in [0.15, 0.2) is 36.8 Å². The first kappa shape index (κ1) is 21.2. The van der Waals surface area contributed by atoms with Gasteiger partial charge in [-0.25, -0.2) is 9.97 Å². The molecule has 8 heteroatoms. The van der Waals surface area contributed by atoms with E-state index < -0.39 is 12.3 Å². The van der Waals surface area contributed by atoms with Crippen molar-refractivity contribution < 1.29 is 13.6 Å². The standard InChI is InChI=1S/C23H27F2N5O/c1-4-15-11-17(16-7-9-30(10-8-16)23(31)22(24)25)5-6-19(15)29(3)21-12-20-18(13-26-21)27-14-28(20)2/h5-6,11-14,16,22H,4,7-10H2,1-3H3. The van der Waals surface area contributed by atoms with Crippen LogP contribution in [0.5, 0.6) is 0 Å². The Kier molecular flexibility index (Phi) is 5.89. The van der Waals surface area contributed by atoms with E-state index in [9.17, 15) is 13.6 Å². The average Bonchev–Trinajstić information content (AvgIpc) is 3.17. The van der Waals surface area contributed by atoms with Crippen LogP contribution in [0.2, 0.25) is 0 Å². The summed E-state index contributed by atoms with van der Waals surface area (Å²) >= 11 is 0. The van der Waals surface area contributed by atoms with E-state index >= 15 is 0 Å². The second-order valence-corrected chi connectivity index (χ2v) is 8.09. The molecule has 1 amide bonds. The minimum Gasteiger partial charge on any atom is -0.338 e. The maximum atomic E-state index is 12.7. The zero-order chi connectivity index (χ0) is 22.1. The summed E-state index contributed by atoms with van der Waals surface area (Å²) in [7, 11) is 3.97. The summed E-state index contributed by atoms with van der Waals surface area (Å²) in [6.07, 6.45) is 2.92. The number of hydrogen-bond acceptors (Lipinski definition) is 4. The van der Waals surface area contributed by atoms with Gasteiger partial charge in [0.1, 0.15) is 11.3 Å². The number of hydrogen-bond donors (Lipinski definition) is 0. The Labute approximate surface area is 180 Å². The van der Waals surface area contributed by atoms with E-state index in [1.165, 1.54) is 16.0 Å². The fourth-order valence-corrected chi connectivity index (χ4v) is 4.37. The molecule has 0 radical (unpaired) electrons. The number of halogens is 2. The number of pyridine rings is 1. The number of likely N-dealkylation sites (tertiary alicyclic amines) is 1. The fraction of sp³-hybridized carbons (Fsp3) is 0.435. The Morgan fingerprint density at radius 3 is 2.65 bits per heavy atom. The number of rotatable bonds is 5. The summed E-state index contributed by atoms with van der Waals surface area (Å²) in [5.41, 5.74) is 5.38. The molecule has 0 bridgehead atoms. The predicted molar refractivity (Wildman–Crippen MR) is 117 cm³/mol. The first-order valence-corrected chi connectivity index (χ1v) is 10.6. The number of imidazole rings is 1. The molecule has 1 fully saturated rings. The van der Waals surface area contributed by atoms with Crippen molar-refractivity contribution in [2.75, 3.05) is 25.0 Å². The van der Waals surface area contributed by atoms with E-state index in [1.807, 2.05) is 24.7 Å². The summed E-state index contributed by atoms with van der Waals surface area (Å²) in [5, 5.41) is 0. The van der Waals surface area contributed by atoms with E-state index in [-0.39, 0.29) is 5.92 Å². The molecule has 4 rings (SSSR count). The lowest BCUT2D eigenvalue weighted by Gasteiger charge is -2.32. The van der Waals surface area contributed by atoms with E-state index in [1.54, 1.807) is 12.5 Å². The van der Waals surface area contributed by atoms with Crippen LogP contribution < -0.4 is 4.90 Å². The summed E-state index contributed by atoms with van der Waals surface area (Å²) in [4.78, 5) is 23.8. The molecule has 1 aliphatic heterocycles. The van der Waals surface area contributed by atoms with Crippen molar-refractivity contribution in [3.63, 3.8) is 0 Å². The number of piperidine rings is 1. The average molecular weight is 427 g/mol. The van der Waals surface area contributed by atoms with Crippen LogP contribution in [0.1, 0.15) is 36.8 Å². The molecule has 0 saturated carbocycles. The number of alkyl halides is 2. The Morgan fingerprint density at radius 1 is 1.23 bits per heavy atom. The highest BCUT2D eigenvalue weighted by molar-refractivity contribution is 5.80. The molecule has 6 nitrogen and oxygen atoms in total.